The molecule has 80 valence electrons. The maximum absolute atomic E-state index is 9.51. The third kappa shape index (κ3) is 3.82. The third-order valence-electron chi connectivity index (χ3n) is 2.05. The minimum atomic E-state index is -0.298. The molecule has 4 heteroatoms. The molecule has 0 fully saturated rings. The topological polar surface area (TPSA) is 45.4 Å². The molecule has 0 spiro atoms. The predicted octanol–water partition coefficient (Wildman–Crippen LogP) is 2.15. The molecule has 0 aliphatic carbocycles. The number of rotatable bonds is 5. The van der Waals surface area contributed by atoms with Crippen LogP contribution in [0.4, 0.5) is 0 Å². The van der Waals surface area contributed by atoms with Gasteiger partial charge < -0.3 is 14.8 Å². The molecule has 1 aromatic rings. The largest absolute Gasteiger partial charge is 0.453 e. The van der Waals surface area contributed by atoms with Crippen LogP contribution in [0.15, 0.2) is 21.2 Å². The van der Waals surface area contributed by atoms with Crippen molar-refractivity contribution in [1.82, 2.24) is 5.32 Å². The van der Waals surface area contributed by atoms with Crippen LogP contribution >= 0.6 is 15.9 Å². The van der Waals surface area contributed by atoms with Crippen LogP contribution in [0.2, 0.25) is 0 Å². The first-order valence-corrected chi connectivity index (χ1v) is 5.52. The normalized spacial score (nSPS) is 13.5. The van der Waals surface area contributed by atoms with Crippen LogP contribution in [0.1, 0.15) is 19.6 Å². The third-order valence-corrected chi connectivity index (χ3v) is 2.48. The van der Waals surface area contributed by atoms with E-state index in [-0.39, 0.29) is 12.0 Å². The van der Waals surface area contributed by atoms with Crippen LogP contribution < -0.4 is 5.32 Å². The molecule has 0 amide bonds. The van der Waals surface area contributed by atoms with Gasteiger partial charge in [0.2, 0.25) is 0 Å². The zero-order chi connectivity index (χ0) is 10.6. The van der Waals surface area contributed by atoms with Crippen molar-refractivity contribution in [1.29, 1.82) is 0 Å². The van der Waals surface area contributed by atoms with Gasteiger partial charge in [0, 0.05) is 6.54 Å². The Bertz CT molecular complexity index is 273. The van der Waals surface area contributed by atoms with Crippen molar-refractivity contribution in [3.63, 3.8) is 0 Å². The van der Waals surface area contributed by atoms with Gasteiger partial charge in [-0.1, -0.05) is 13.8 Å². The van der Waals surface area contributed by atoms with Crippen LogP contribution in [-0.2, 0) is 6.54 Å². The maximum Gasteiger partial charge on any atom is 0.169 e. The lowest BCUT2D eigenvalue weighted by molar-refractivity contribution is 0.122. The number of aliphatic hydroxyl groups excluding tert-OH is 1. The molecular weight excluding hydrogens is 246 g/mol. The summed E-state index contributed by atoms with van der Waals surface area (Å²) in [5.74, 6) is 1.15. The average molecular weight is 262 g/mol. The second-order valence-electron chi connectivity index (χ2n) is 3.65. The van der Waals surface area contributed by atoms with Gasteiger partial charge >= 0.3 is 0 Å². The molecule has 14 heavy (non-hydrogen) atoms. The zero-order valence-electron chi connectivity index (χ0n) is 8.46. The van der Waals surface area contributed by atoms with Crippen molar-refractivity contribution in [2.75, 3.05) is 6.54 Å². The van der Waals surface area contributed by atoms with E-state index in [1.807, 2.05) is 26.0 Å². The molecule has 0 radical (unpaired) electrons. The van der Waals surface area contributed by atoms with Crippen molar-refractivity contribution < 1.29 is 9.52 Å². The van der Waals surface area contributed by atoms with Crippen molar-refractivity contribution in [2.45, 2.75) is 26.5 Å². The fraction of sp³-hybridized carbons (Fsp3) is 0.600. The van der Waals surface area contributed by atoms with Crippen molar-refractivity contribution in [3.8, 4) is 0 Å². The zero-order valence-corrected chi connectivity index (χ0v) is 10.0. The van der Waals surface area contributed by atoms with Crippen LogP contribution in [0.3, 0.4) is 0 Å². The van der Waals surface area contributed by atoms with E-state index < -0.39 is 0 Å². The lowest BCUT2D eigenvalue weighted by atomic mass is 10.1. The summed E-state index contributed by atoms with van der Waals surface area (Å²) >= 11 is 3.23. The molecule has 1 aromatic heterocycles. The summed E-state index contributed by atoms with van der Waals surface area (Å²) in [5.41, 5.74) is 0. The monoisotopic (exact) mass is 261 g/mol. The summed E-state index contributed by atoms with van der Waals surface area (Å²) < 4.78 is 6.03. The van der Waals surface area contributed by atoms with E-state index in [2.05, 4.69) is 21.2 Å². The maximum atomic E-state index is 9.51. The molecule has 3 nitrogen and oxygen atoms in total. The Hall–Kier alpha value is -0.320. The van der Waals surface area contributed by atoms with E-state index in [1.54, 1.807) is 0 Å². The summed E-state index contributed by atoms with van der Waals surface area (Å²) in [6, 6.07) is 3.76. The van der Waals surface area contributed by atoms with E-state index in [4.69, 9.17) is 4.42 Å². The smallest absolute Gasteiger partial charge is 0.169 e. The summed E-state index contributed by atoms with van der Waals surface area (Å²) in [4.78, 5) is 0. The van der Waals surface area contributed by atoms with Gasteiger partial charge in [-0.05, 0) is 34.0 Å². The highest BCUT2D eigenvalue weighted by Crippen LogP contribution is 2.13. The Morgan fingerprint density at radius 1 is 1.50 bits per heavy atom. The van der Waals surface area contributed by atoms with Crippen molar-refractivity contribution >= 4 is 15.9 Å². The molecule has 0 bridgehead atoms. The van der Waals surface area contributed by atoms with Crippen LogP contribution in [0.25, 0.3) is 0 Å². The van der Waals surface area contributed by atoms with Gasteiger partial charge in [-0.15, -0.1) is 0 Å². The number of nitrogens with one attached hydrogen (secondary N) is 1. The summed E-state index contributed by atoms with van der Waals surface area (Å²) in [7, 11) is 0. The molecule has 0 saturated carbocycles. The molecular formula is C10H16BrNO2. The number of aliphatic hydroxyl groups is 1. The Kier molecular flexibility index (Phi) is 4.65. The minimum Gasteiger partial charge on any atom is -0.453 e. The molecule has 1 atom stereocenters. The Labute approximate surface area is 92.6 Å². The first-order chi connectivity index (χ1) is 6.59. The van der Waals surface area contributed by atoms with E-state index >= 15 is 0 Å². The fourth-order valence-corrected chi connectivity index (χ4v) is 1.37. The molecule has 0 aliphatic rings. The van der Waals surface area contributed by atoms with E-state index in [0.717, 1.165) is 10.4 Å². The van der Waals surface area contributed by atoms with Gasteiger partial charge in [0.25, 0.3) is 0 Å². The quantitative estimate of drug-likeness (QED) is 0.854. The first-order valence-electron chi connectivity index (χ1n) is 4.72. The summed E-state index contributed by atoms with van der Waals surface area (Å²) in [6.07, 6.45) is -0.298. The predicted molar refractivity (Wildman–Crippen MR) is 59.0 cm³/mol. The number of halogens is 1. The molecule has 1 heterocycles. The summed E-state index contributed by atoms with van der Waals surface area (Å²) in [5, 5.41) is 12.6. The van der Waals surface area contributed by atoms with E-state index in [9.17, 15) is 5.11 Å². The highest BCUT2D eigenvalue weighted by atomic mass is 79.9. The fourth-order valence-electron chi connectivity index (χ4n) is 1.03. The van der Waals surface area contributed by atoms with Gasteiger partial charge in [-0.3, -0.25) is 0 Å². The molecule has 0 saturated heterocycles. The Morgan fingerprint density at radius 3 is 2.71 bits per heavy atom. The minimum absolute atomic E-state index is 0.283. The van der Waals surface area contributed by atoms with Gasteiger partial charge in [-0.25, -0.2) is 0 Å². The molecule has 1 unspecified atom stereocenters. The highest BCUT2D eigenvalue weighted by molar-refractivity contribution is 9.10. The van der Waals surface area contributed by atoms with E-state index in [1.165, 1.54) is 0 Å². The van der Waals surface area contributed by atoms with Gasteiger partial charge in [0.1, 0.15) is 5.76 Å². The summed E-state index contributed by atoms with van der Waals surface area (Å²) in [6.45, 7) is 5.23. The standard InChI is InChI=1S/C10H16BrNO2/c1-7(2)9(13)6-12-5-8-3-4-10(11)14-8/h3-4,7,9,12-13H,5-6H2,1-2H3. The number of furan rings is 1. The van der Waals surface area contributed by atoms with Gasteiger partial charge in [0.05, 0.1) is 12.6 Å². The molecule has 1 rings (SSSR count). The second-order valence-corrected chi connectivity index (χ2v) is 4.43. The number of hydrogen-bond donors (Lipinski definition) is 2. The second kappa shape index (κ2) is 5.53. The van der Waals surface area contributed by atoms with Crippen LogP contribution in [0.5, 0.6) is 0 Å². The van der Waals surface area contributed by atoms with Gasteiger partial charge in [-0.2, -0.15) is 0 Å². The van der Waals surface area contributed by atoms with Crippen molar-refractivity contribution in [3.05, 3.63) is 22.6 Å². The number of hydrogen-bond acceptors (Lipinski definition) is 3. The van der Waals surface area contributed by atoms with E-state index in [0.29, 0.717) is 13.1 Å². The molecule has 2 N–H and O–H groups in total. The molecule has 0 aliphatic heterocycles. The Balaban J connectivity index is 2.22. The Morgan fingerprint density at radius 2 is 2.21 bits per heavy atom. The van der Waals surface area contributed by atoms with Gasteiger partial charge in [0.15, 0.2) is 4.67 Å². The lowest BCUT2D eigenvalue weighted by Crippen LogP contribution is -2.30. The lowest BCUT2D eigenvalue weighted by Gasteiger charge is -2.14. The average Bonchev–Trinajstić information content (AvgIpc) is 2.51. The van der Waals surface area contributed by atoms with Crippen LogP contribution in [0, 0.1) is 5.92 Å². The van der Waals surface area contributed by atoms with Crippen LogP contribution in [-0.4, -0.2) is 17.8 Å². The first kappa shape index (κ1) is 11.8. The van der Waals surface area contributed by atoms with Crippen molar-refractivity contribution in [2.24, 2.45) is 5.92 Å². The highest BCUT2D eigenvalue weighted by Gasteiger charge is 2.08. The SMILES string of the molecule is CC(C)C(O)CNCc1ccc(Br)o1. The molecule has 0 aromatic carbocycles.